The summed E-state index contributed by atoms with van der Waals surface area (Å²) in [7, 11) is 0. The molecule has 0 aliphatic heterocycles. The van der Waals surface area contributed by atoms with E-state index in [1.165, 1.54) is 12.1 Å². The number of nitriles is 1. The Balaban J connectivity index is 2.42. The summed E-state index contributed by atoms with van der Waals surface area (Å²) in [6.45, 7) is 3.47. The molecule has 0 amide bonds. The van der Waals surface area contributed by atoms with E-state index in [0.29, 0.717) is 22.6 Å². The van der Waals surface area contributed by atoms with Crippen LogP contribution in [-0.4, -0.2) is 4.92 Å². The van der Waals surface area contributed by atoms with E-state index >= 15 is 0 Å². The van der Waals surface area contributed by atoms with E-state index < -0.39 is 4.92 Å². The van der Waals surface area contributed by atoms with Gasteiger partial charge in [0.1, 0.15) is 11.5 Å². The molecule has 0 fully saturated rings. The quantitative estimate of drug-likeness (QED) is 0.616. The van der Waals surface area contributed by atoms with Gasteiger partial charge in [-0.05, 0) is 43.7 Å². The van der Waals surface area contributed by atoms with Crippen molar-refractivity contribution in [1.82, 2.24) is 0 Å². The second-order valence-corrected chi connectivity index (χ2v) is 4.93. The summed E-state index contributed by atoms with van der Waals surface area (Å²) in [5.41, 5.74) is 1.73. The number of nitrogens with zero attached hydrogens (tertiary/aromatic N) is 2. The topological polar surface area (TPSA) is 76.2 Å². The predicted molar refractivity (Wildman–Crippen MR) is 78.8 cm³/mol. The largest absolute Gasteiger partial charge is 0.455 e. The van der Waals surface area contributed by atoms with Gasteiger partial charge in [0.25, 0.3) is 5.69 Å². The number of ether oxygens (including phenoxy) is 1. The summed E-state index contributed by atoms with van der Waals surface area (Å²) in [6.07, 6.45) is 0. The molecule has 6 heteroatoms. The van der Waals surface area contributed by atoms with Crippen LogP contribution in [0.5, 0.6) is 11.5 Å². The molecule has 0 saturated carbocycles. The highest BCUT2D eigenvalue weighted by atomic mass is 35.5. The number of aryl methyl sites for hydroxylation is 2. The van der Waals surface area contributed by atoms with Crippen LogP contribution in [0.25, 0.3) is 0 Å². The average Bonchev–Trinajstić information content (AvgIpc) is 2.43. The summed E-state index contributed by atoms with van der Waals surface area (Å²) in [5.74, 6) is 0.704. The van der Waals surface area contributed by atoms with Crippen molar-refractivity contribution in [3.63, 3.8) is 0 Å². The van der Waals surface area contributed by atoms with Crippen molar-refractivity contribution in [1.29, 1.82) is 5.26 Å². The predicted octanol–water partition coefficient (Wildman–Crippen LogP) is 4.53. The molecule has 0 aromatic heterocycles. The standard InChI is InChI=1S/C15H11ClN2O3/c1-9-5-10(2)15(7-13(9)18(19)20)21-14-4-3-11(8-17)6-12(14)16/h3-7H,1-2H3. The third-order valence-electron chi connectivity index (χ3n) is 2.97. The fourth-order valence-electron chi connectivity index (χ4n) is 1.90. The number of hydrogen-bond acceptors (Lipinski definition) is 4. The lowest BCUT2D eigenvalue weighted by molar-refractivity contribution is -0.385. The molecule has 2 aromatic carbocycles. The van der Waals surface area contributed by atoms with E-state index in [2.05, 4.69) is 0 Å². The smallest absolute Gasteiger partial charge is 0.276 e. The van der Waals surface area contributed by atoms with Gasteiger partial charge in [-0.25, -0.2) is 0 Å². The molecule has 0 atom stereocenters. The molecular weight excluding hydrogens is 292 g/mol. The zero-order chi connectivity index (χ0) is 15.6. The van der Waals surface area contributed by atoms with E-state index in [9.17, 15) is 10.1 Å². The molecule has 106 valence electrons. The summed E-state index contributed by atoms with van der Waals surface area (Å²) < 4.78 is 5.64. The fraction of sp³-hybridized carbons (Fsp3) is 0.133. The number of benzene rings is 2. The number of rotatable bonds is 3. The first kappa shape index (κ1) is 14.8. The van der Waals surface area contributed by atoms with Crippen molar-refractivity contribution in [2.45, 2.75) is 13.8 Å². The molecule has 0 unspecified atom stereocenters. The second-order valence-electron chi connectivity index (χ2n) is 4.52. The van der Waals surface area contributed by atoms with Crippen molar-refractivity contribution >= 4 is 17.3 Å². The Hall–Kier alpha value is -2.58. The Bertz CT molecular complexity index is 766. The summed E-state index contributed by atoms with van der Waals surface area (Å²) in [5, 5.41) is 20.0. The normalized spacial score (nSPS) is 10.0. The van der Waals surface area contributed by atoms with E-state index in [1.54, 1.807) is 32.0 Å². The van der Waals surface area contributed by atoms with Crippen LogP contribution in [0, 0.1) is 35.3 Å². The van der Waals surface area contributed by atoms with Gasteiger partial charge in [-0.15, -0.1) is 0 Å². The van der Waals surface area contributed by atoms with Gasteiger partial charge in [-0.3, -0.25) is 10.1 Å². The lowest BCUT2D eigenvalue weighted by Crippen LogP contribution is -1.95. The van der Waals surface area contributed by atoms with Crippen LogP contribution >= 0.6 is 11.6 Å². The fourth-order valence-corrected chi connectivity index (χ4v) is 2.12. The highest BCUT2D eigenvalue weighted by Crippen LogP contribution is 2.34. The van der Waals surface area contributed by atoms with Gasteiger partial charge >= 0.3 is 0 Å². The van der Waals surface area contributed by atoms with Crippen molar-refractivity contribution in [2.75, 3.05) is 0 Å². The van der Waals surface area contributed by atoms with Crippen LogP contribution in [-0.2, 0) is 0 Å². The van der Waals surface area contributed by atoms with Gasteiger partial charge in [0.2, 0.25) is 0 Å². The highest BCUT2D eigenvalue weighted by Gasteiger charge is 2.15. The first-order valence-electron chi connectivity index (χ1n) is 6.05. The summed E-state index contributed by atoms with van der Waals surface area (Å²) >= 11 is 6.03. The van der Waals surface area contributed by atoms with Crippen LogP contribution in [0.2, 0.25) is 5.02 Å². The Morgan fingerprint density at radius 3 is 2.48 bits per heavy atom. The molecule has 2 aromatic rings. The van der Waals surface area contributed by atoms with Gasteiger partial charge < -0.3 is 4.74 Å². The molecule has 2 rings (SSSR count). The monoisotopic (exact) mass is 302 g/mol. The van der Waals surface area contributed by atoms with E-state index in [1.807, 2.05) is 6.07 Å². The average molecular weight is 303 g/mol. The van der Waals surface area contributed by atoms with Gasteiger partial charge in [0, 0.05) is 5.56 Å². The highest BCUT2D eigenvalue weighted by molar-refractivity contribution is 6.32. The van der Waals surface area contributed by atoms with Gasteiger partial charge in [0.15, 0.2) is 0 Å². The Morgan fingerprint density at radius 2 is 1.90 bits per heavy atom. The lowest BCUT2D eigenvalue weighted by atomic mass is 10.1. The van der Waals surface area contributed by atoms with E-state index in [4.69, 9.17) is 21.6 Å². The van der Waals surface area contributed by atoms with Crippen molar-refractivity contribution < 1.29 is 9.66 Å². The first-order chi connectivity index (χ1) is 9.92. The van der Waals surface area contributed by atoms with Crippen LogP contribution in [0.3, 0.4) is 0 Å². The molecule has 0 saturated heterocycles. The molecule has 0 radical (unpaired) electrons. The molecule has 0 aliphatic carbocycles. The molecule has 21 heavy (non-hydrogen) atoms. The van der Waals surface area contributed by atoms with Crippen LogP contribution in [0.1, 0.15) is 16.7 Å². The third kappa shape index (κ3) is 3.12. The zero-order valence-corrected chi connectivity index (χ0v) is 12.1. The maximum atomic E-state index is 11.0. The first-order valence-corrected chi connectivity index (χ1v) is 6.43. The van der Waals surface area contributed by atoms with Gasteiger partial charge in [0.05, 0.1) is 27.6 Å². The minimum Gasteiger partial charge on any atom is -0.455 e. The number of halogens is 1. The Morgan fingerprint density at radius 1 is 1.19 bits per heavy atom. The molecular formula is C15H11ClN2O3. The molecule has 0 heterocycles. The SMILES string of the molecule is Cc1cc(C)c([N+](=O)[O-])cc1Oc1ccc(C#N)cc1Cl. The van der Waals surface area contributed by atoms with Gasteiger partial charge in [-0.1, -0.05) is 11.6 Å². The minimum atomic E-state index is -0.456. The van der Waals surface area contributed by atoms with Crippen LogP contribution < -0.4 is 4.74 Å². The molecule has 0 spiro atoms. The number of hydrogen-bond donors (Lipinski definition) is 0. The maximum Gasteiger partial charge on any atom is 0.276 e. The maximum absolute atomic E-state index is 11.0. The number of nitro benzene ring substituents is 1. The van der Waals surface area contributed by atoms with E-state index in [-0.39, 0.29) is 10.7 Å². The minimum absolute atomic E-state index is 0.0135. The Labute approximate surface area is 126 Å². The summed E-state index contributed by atoms with van der Waals surface area (Å²) in [6, 6.07) is 9.64. The van der Waals surface area contributed by atoms with Crippen LogP contribution in [0.4, 0.5) is 5.69 Å². The molecule has 0 aliphatic rings. The molecule has 5 nitrogen and oxygen atoms in total. The molecule has 0 bridgehead atoms. The van der Waals surface area contributed by atoms with Gasteiger partial charge in [-0.2, -0.15) is 5.26 Å². The van der Waals surface area contributed by atoms with Crippen LogP contribution in [0.15, 0.2) is 30.3 Å². The van der Waals surface area contributed by atoms with Crippen molar-refractivity contribution in [3.8, 4) is 17.6 Å². The third-order valence-corrected chi connectivity index (χ3v) is 3.27. The lowest BCUT2D eigenvalue weighted by Gasteiger charge is -2.11. The van der Waals surface area contributed by atoms with Crippen molar-refractivity contribution in [2.24, 2.45) is 0 Å². The van der Waals surface area contributed by atoms with E-state index in [0.717, 1.165) is 5.56 Å². The summed E-state index contributed by atoms with van der Waals surface area (Å²) in [4.78, 5) is 10.5. The molecule has 0 N–H and O–H groups in total. The van der Waals surface area contributed by atoms with Crippen molar-refractivity contribution in [3.05, 3.63) is 62.2 Å². The second kappa shape index (κ2) is 5.81. The zero-order valence-electron chi connectivity index (χ0n) is 11.4. The number of nitro groups is 1. The Kier molecular flexibility index (Phi) is 4.10.